The van der Waals surface area contributed by atoms with Crippen molar-refractivity contribution in [3.63, 3.8) is 0 Å². The number of nitrogens with zero attached hydrogens (tertiary/aromatic N) is 2. The molecule has 6 nitrogen and oxygen atoms in total. The normalized spacial score (nSPS) is 10.3. The Morgan fingerprint density at radius 2 is 2.05 bits per heavy atom. The maximum atomic E-state index is 13.5. The van der Waals surface area contributed by atoms with Crippen LogP contribution in [0, 0.1) is 11.6 Å². The van der Waals surface area contributed by atoms with Crippen LogP contribution in [0.25, 0.3) is 0 Å². The van der Waals surface area contributed by atoms with Gasteiger partial charge in [0.25, 0.3) is 5.91 Å². The number of benzene rings is 1. The smallest absolute Gasteiger partial charge is 0.251 e. The summed E-state index contributed by atoms with van der Waals surface area (Å²) in [6, 6.07) is 1.93. The van der Waals surface area contributed by atoms with Gasteiger partial charge in [-0.15, -0.1) is 0 Å². The number of carbonyl (C=O) groups is 1. The van der Waals surface area contributed by atoms with E-state index in [1.807, 2.05) is 0 Å². The molecule has 0 unspecified atom stereocenters. The first-order chi connectivity index (χ1) is 9.11. The summed E-state index contributed by atoms with van der Waals surface area (Å²) in [5.41, 5.74) is -0.375. The molecule has 2 rings (SSSR count). The quantitative estimate of drug-likeness (QED) is 0.773. The molecule has 8 heteroatoms. The van der Waals surface area contributed by atoms with Crippen LogP contribution in [0.1, 0.15) is 16.2 Å². The zero-order valence-electron chi connectivity index (χ0n) is 10.00. The van der Waals surface area contributed by atoms with Gasteiger partial charge in [-0.25, -0.2) is 13.8 Å². The Hall–Kier alpha value is -2.51. The second-order valence-corrected chi connectivity index (χ2v) is 3.68. The van der Waals surface area contributed by atoms with E-state index in [0.717, 1.165) is 12.1 Å². The number of amides is 1. The first-order valence-corrected chi connectivity index (χ1v) is 5.41. The predicted octanol–water partition coefficient (Wildman–Crippen LogP) is 1.05. The zero-order valence-corrected chi connectivity index (χ0v) is 10.00. The van der Waals surface area contributed by atoms with Gasteiger partial charge in [0.15, 0.2) is 0 Å². The molecule has 1 heterocycles. The summed E-state index contributed by atoms with van der Waals surface area (Å²) in [5.74, 6) is -1.81. The molecule has 0 saturated heterocycles. The van der Waals surface area contributed by atoms with Gasteiger partial charge in [0.2, 0.25) is 0 Å². The predicted molar refractivity (Wildman–Crippen MR) is 63.5 cm³/mol. The fraction of sp³-hybridized carbons (Fsp3) is 0.182. The second kappa shape index (κ2) is 5.42. The van der Waals surface area contributed by atoms with E-state index in [9.17, 15) is 13.6 Å². The van der Waals surface area contributed by atoms with Gasteiger partial charge in [-0.1, -0.05) is 0 Å². The Bertz CT molecular complexity index is 562. The third kappa shape index (κ3) is 2.84. The Kier molecular flexibility index (Phi) is 3.69. The number of hydrogen-bond acceptors (Lipinski definition) is 4. The summed E-state index contributed by atoms with van der Waals surface area (Å²) in [4.78, 5) is 15.5. The van der Waals surface area contributed by atoms with Crippen LogP contribution in [0.2, 0.25) is 0 Å². The molecule has 0 spiro atoms. The van der Waals surface area contributed by atoms with E-state index < -0.39 is 17.5 Å². The monoisotopic (exact) mass is 267 g/mol. The van der Waals surface area contributed by atoms with Crippen molar-refractivity contribution >= 4 is 11.6 Å². The third-order valence-electron chi connectivity index (χ3n) is 2.44. The molecule has 1 amide bonds. The van der Waals surface area contributed by atoms with E-state index in [-0.39, 0.29) is 17.8 Å². The minimum absolute atomic E-state index is 0.0931. The molecular formula is C11H11F2N5O. The molecule has 0 radical (unpaired) electrons. The lowest BCUT2D eigenvalue weighted by atomic mass is 10.1. The summed E-state index contributed by atoms with van der Waals surface area (Å²) in [6.07, 6.45) is 1.29. The zero-order chi connectivity index (χ0) is 13.8. The van der Waals surface area contributed by atoms with Gasteiger partial charge in [-0.2, -0.15) is 5.10 Å². The highest BCUT2D eigenvalue weighted by atomic mass is 19.1. The first kappa shape index (κ1) is 12.9. The van der Waals surface area contributed by atoms with Gasteiger partial charge in [-0.3, -0.25) is 9.89 Å². The Morgan fingerprint density at radius 1 is 1.37 bits per heavy atom. The van der Waals surface area contributed by atoms with Crippen molar-refractivity contribution < 1.29 is 13.6 Å². The number of carbonyl (C=O) groups excluding carboxylic acids is 1. The average Bonchev–Trinajstić information content (AvgIpc) is 2.88. The largest absolute Gasteiger partial charge is 0.383 e. The SMILES string of the molecule is CNc1c(F)cc(C(=O)NCc2ncn[nH]2)cc1F. The number of aromatic amines is 1. The van der Waals surface area contributed by atoms with Crippen LogP contribution >= 0.6 is 0 Å². The van der Waals surface area contributed by atoms with Crippen molar-refractivity contribution in [2.75, 3.05) is 12.4 Å². The minimum Gasteiger partial charge on any atom is -0.383 e. The lowest BCUT2D eigenvalue weighted by Crippen LogP contribution is -2.23. The summed E-state index contributed by atoms with van der Waals surface area (Å²) >= 11 is 0. The van der Waals surface area contributed by atoms with E-state index in [1.54, 1.807) is 0 Å². The number of halogens is 2. The maximum Gasteiger partial charge on any atom is 0.251 e. The van der Waals surface area contributed by atoms with Crippen molar-refractivity contribution in [1.29, 1.82) is 0 Å². The minimum atomic E-state index is -0.827. The first-order valence-electron chi connectivity index (χ1n) is 5.41. The van der Waals surface area contributed by atoms with Crippen molar-refractivity contribution in [3.05, 3.63) is 41.5 Å². The number of hydrogen-bond donors (Lipinski definition) is 3. The maximum absolute atomic E-state index is 13.5. The van der Waals surface area contributed by atoms with Gasteiger partial charge in [-0.05, 0) is 12.1 Å². The number of rotatable bonds is 4. The molecule has 2 aromatic rings. The van der Waals surface area contributed by atoms with Crippen molar-refractivity contribution in [1.82, 2.24) is 20.5 Å². The summed E-state index contributed by atoms with van der Waals surface area (Å²) in [5, 5.41) is 11.0. The number of H-pyrrole nitrogens is 1. The lowest BCUT2D eigenvalue weighted by Gasteiger charge is -2.07. The topological polar surface area (TPSA) is 82.7 Å². The molecule has 1 aromatic carbocycles. The van der Waals surface area contributed by atoms with Crippen molar-refractivity contribution in [3.8, 4) is 0 Å². The molecule has 0 fully saturated rings. The second-order valence-electron chi connectivity index (χ2n) is 3.68. The van der Waals surface area contributed by atoms with Gasteiger partial charge in [0.05, 0.1) is 6.54 Å². The molecule has 3 N–H and O–H groups in total. The van der Waals surface area contributed by atoms with Gasteiger partial charge >= 0.3 is 0 Å². The number of anilines is 1. The van der Waals surface area contributed by atoms with Gasteiger partial charge in [0.1, 0.15) is 29.5 Å². The van der Waals surface area contributed by atoms with Crippen molar-refractivity contribution in [2.24, 2.45) is 0 Å². The van der Waals surface area contributed by atoms with Crippen LogP contribution in [0.4, 0.5) is 14.5 Å². The lowest BCUT2D eigenvalue weighted by molar-refractivity contribution is 0.0949. The van der Waals surface area contributed by atoms with Crippen LogP contribution in [0.15, 0.2) is 18.5 Å². The van der Waals surface area contributed by atoms with E-state index in [4.69, 9.17) is 0 Å². The van der Waals surface area contributed by atoms with Crippen molar-refractivity contribution in [2.45, 2.75) is 6.54 Å². The third-order valence-corrected chi connectivity index (χ3v) is 2.44. The van der Waals surface area contributed by atoms with Crippen LogP contribution in [-0.2, 0) is 6.54 Å². The van der Waals surface area contributed by atoms with Gasteiger partial charge in [0, 0.05) is 12.6 Å². The highest BCUT2D eigenvalue weighted by Crippen LogP contribution is 2.20. The Labute approximate surface area is 107 Å². The molecule has 0 atom stereocenters. The van der Waals surface area contributed by atoms with E-state index >= 15 is 0 Å². The summed E-state index contributed by atoms with van der Waals surface area (Å²) in [7, 11) is 1.39. The molecule has 1 aromatic heterocycles. The summed E-state index contributed by atoms with van der Waals surface area (Å²) < 4.78 is 26.9. The highest BCUT2D eigenvalue weighted by molar-refractivity contribution is 5.94. The van der Waals surface area contributed by atoms with E-state index in [1.165, 1.54) is 13.4 Å². The van der Waals surface area contributed by atoms with Crippen LogP contribution in [0.5, 0.6) is 0 Å². The fourth-order valence-electron chi connectivity index (χ4n) is 1.53. The van der Waals surface area contributed by atoms with Crippen LogP contribution in [-0.4, -0.2) is 28.1 Å². The van der Waals surface area contributed by atoms with E-state index in [2.05, 4.69) is 25.8 Å². The molecule has 0 aliphatic carbocycles. The Balaban J connectivity index is 2.11. The molecule has 0 aliphatic heterocycles. The molecule has 0 aliphatic rings. The molecule has 0 saturated carbocycles. The summed E-state index contributed by atoms with van der Waals surface area (Å²) in [6.45, 7) is 0.0931. The van der Waals surface area contributed by atoms with Gasteiger partial charge < -0.3 is 10.6 Å². The van der Waals surface area contributed by atoms with Crippen LogP contribution in [0.3, 0.4) is 0 Å². The molecule has 100 valence electrons. The fourth-order valence-corrected chi connectivity index (χ4v) is 1.53. The highest BCUT2D eigenvalue weighted by Gasteiger charge is 2.14. The van der Waals surface area contributed by atoms with E-state index in [0.29, 0.717) is 5.82 Å². The number of aromatic nitrogens is 3. The molecule has 0 bridgehead atoms. The molecular weight excluding hydrogens is 256 g/mol. The Morgan fingerprint density at radius 3 is 2.58 bits per heavy atom. The standard InChI is InChI=1S/C11H11F2N5O/c1-14-10-7(12)2-6(3-8(10)13)11(19)15-4-9-16-5-17-18-9/h2-3,5,14H,4H2,1H3,(H,15,19)(H,16,17,18). The number of nitrogens with one attached hydrogen (secondary N) is 3. The average molecular weight is 267 g/mol. The molecule has 19 heavy (non-hydrogen) atoms. The van der Waals surface area contributed by atoms with Crippen LogP contribution < -0.4 is 10.6 Å².